The van der Waals surface area contributed by atoms with Gasteiger partial charge in [-0.1, -0.05) is 25.4 Å². The van der Waals surface area contributed by atoms with Crippen molar-refractivity contribution in [3.8, 4) is 0 Å². The smallest absolute Gasteiger partial charge is 0.240 e. The highest BCUT2D eigenvalue weighted by Gasteiger charge is 2.16. The minimum Gasteiger partial charge on any atom is -0.326 e. The Labute approximate surface area is 107 Å². The van der Waals surface area contributed by atoms with E-state index < -0.39 is 10.0 Å². The minimum absolute atomic E-state index is 0.192. The zero-order valence-electron chi connectivity index (χ0n) is 9.85. The van der Waals surface area contributed by atoms with Crippen LogP contribution in [0.15, 0.2) is 29.2 Å². The summed E-state index contributed by atoms with van der Waals surface area (Å²) in [5.41, 5.74) is 5.78. The van der Waals surface area contributed by atoms with Crippen molar-refractivity contribution in [1.82, 2.24) is 4.72 Å². The van der Waals surface area contributed by atoms with E-state index in [0.717, 1.165) is 0 Å². The van der Waals surface area contributed by atoms with Gasteiger partial charge in [-0.3, -0.25) is 0 Å². The van der Waals surface area contributed by atoms with Crippen molar-refractivity contribution in [2.75, 3.05) is 6.54 Å². The normalized spacial score (nSPS) is 13.9. The third-order valence-electron chi connectivity index (χ3n) is 2.49. The lowest BCUT2D eigenvalue weighted by atomic mass is 10.1. The second kappa shape index (κ2) is 5.82. The van der Waals surface area contributed by atoms with Crippen molar-refractivity contribution in [3.63, 3.8) is 0 Å². The number of benzene rings is 1. The van der Waals surface area contributed by atoms with Gasteiger partial charge in [0.05, 0.1) is 4.90 Å². The lowest BCUT2D eigenvalue weighted by Crippen LogP contribution is -2.40. The molecule has 3 N–H and O–H groups in total. The second-order valence-corrected chi connectivity index (χ2v) is 6.42. The zero-order valence-corrected chi connectivity index (χ0v) is 11.4. The van der Waals surface area contributed by atoms with Crippen molar-refractivity contribution in [1.29, 1.82) is 0 Å². The van der Waals surface area contributed by atoms with Gasteiger partial charge in [0, 0.05) is 17.6 Å². The number of hydrogen-bond acceptors (Lipinski definition) is 3. The molecular formula is C11H17ClN2O2S. The van der Waals surface area contributed by atoms with Crippen molar-refractivity contribution in [3.05, 3.63) is 29.3 Å². The van der Waals surface area contributed by atoms with Gasteiger partial charge in [-0.25, -0.2) is 13.1 Å². The van der Waals surface area contributed by atoms with Crippen LogP contribution in [0, 0.1) is 5.92 Å². The van der Waals surface area contributed by atoms with E-state index in [9.17, 15) is 8.42 Å². The molecule has 0 aliphatic heterocycles. The van der Waals surface area contributed by atoms with Crippen LogP contribution in [0.1, 0.15) is 13.8 Å². The van der Waals surface area contributed by atoms with Crippen LogP contribution in [0.5, 0.6) is 0 Å². The Morgan fingerprint density at radius 1 is 1.29 bits per heavy atom. The topological polar surface area (TPSA) is 72.2 Å². The molecule has 0 aliphatic carbocycles. The predicted molar refractivity (Wildman–Crippen MR) is 69.5 cm³/mol. The fourth-order valence-electron chi connectivity index (χ4n) is 1.14. The molecule has 1 aromatic rings. The fraction of sp³-hybridized carbons (Fsp3) is 0.455. The number of nitrogens with two attached hydrogens (primary N) is 1. The first-order valence-corrected chi connectivity index (χ1v) is 7.20. The monoisotopic (exact) mass is 276 g/mol. The molecule has 0 aromatic heterocycles. The van der Waals surface area contributed by atoms with Gasteiger partial charge in [-0.2, -0.15) is 0 Å². The molecule has 4 nitrogen and oxygen atoms in total. The molecule has 1 atom stereocenters. The summed E-state index contributed by atoms with van der Waals surface area (Å²) < 4.78 is 26.2. The molecule has 1 rings (SSSR count). The standard InChI is InChI=1S/C11H17ClN2O2S/c1-8(2)11(13)7-14-17(15,16)10-5-3-9(12)4-6-10/h3-6,8,11,14H,7,13H2,1-2H3. The summed E-state index contributed by atoms with van der Waals surface area (Å²) in [7, 11) is -3.49. The second-order valence-electron chi connectivity index (χ2n) is 4.21. The average molecular weight is 277 g/mol. The molecule has 0 radical (unpaired) electrons. The molecule has 0 fully saturated rings. The summed E-state index contributed by atoms with van der Waals surface area (Å²) in [4.78, 5) is 0.192. The van der Waals surface area contributed by atoms with Crippen molar-refractivity contribution < 1.29 is 8.42 Å². The van der Waals surface area contributed by atoms with E-state index in [1.165, 1.54) is 12.1 Å². The molecule has 0 heterocycles. The Morgan fingerprint density at radius 3 is 2.29 bits per heavy atom. The SMILES string of the molecule is CC(C)C(N)CNS(=O)(=O)c1ccc(Cl)cc1. The molecule has 17 heavy (non-hydrogen) atoms. The summed E-state index contributed by atoms with van der Waals surface area (Å²) in [6.07, 6.45) is 0. The number of halogens is 1. The van der Waals surface area contributed by atoms with Gasteiger partial charge in [0.25, 0.3) is 0 Å². The van der Waals surface area contributed by atoms with E-state index in [1.54, 1.807) is 12.1 Å². The molecule has 0 aliphatic rings. The van der Waals surface area contributed by atoms with E-state index in [2.05, 4.69) is 4.72 Å². The summed E-state index contributed by atoms with van der Waals surface area (Å²) in [6.45, 7) is 4.12. The van der Waals surface area contributed by atoms with Crippen molar-refractivity contribution in [2.24, 2.45) is 11.7 Å². The van der Waals surface area contributed by atoms with Crippen LogP contribution in [0.4, 0.5) is 0 Å². The highest BCUT2D eigenvalue weighted by Crippen LogP contribution is 2.13. The molecule has 6 heteroatoms. The fourth-order valence-corrected chi connectivity index (χ4v) is 2.34. The molecule has 96 valence electrons. The van der Waals surface area contributed by atoms with Gasteiger partial charge < -0.3 is 5.73 Å². The van der Waals surface area contributed by atoms with Crippen molar-refractivity contribution >= 4 is 21.6 Å². The van der Waals surface area contributed by atoms with E-state index >= 15 is 0 Å². The molecule has 0 bridgehead atoms. The molecule has 0 saturated carbocycles. The third-order valence-corrected chi connectivity index (χ3v) is 4.18. The van der Waals surface area contributed by atoms with Crippen molar-refractivity contribution in [2.45, 2.75) is 24.8 Å². The first-order valence-electron chi connectivity index (χ1n) is 5.34. The largest absolute Gasteiger partial charge is 0.326 e. The number of nitrogens with one attached hydrogen (secondary N) is 1. The summed E-state index contributed by atoms with van der Waals surface area (Å²) >= 11 is 5.70. The maximum atomic E-state index is 11.9. The molecule has 0 spiro atoms. The third kappa shape index (κ3) is 4.27. The highest BCUT2D eigenvalue weighted by molar-refractivity contribution is 7.89. The highest BCUT2D eigenvalue weighted by atomic mass is 35.5. The Balaban J connectivity index is 2.72. The van der Waals surface area contributed by atoms with Crippen LogP contribution >= 0.6 is 11.6 Å². The first-order chi connectivity index (χ1) is 7.83. The molecule has 1 aromatic carbocycles. The van der Waals surface area contributed by atoms with E-state index in [4.69, 9.17) is 17.3 Å². The van der Waals surface area contributed by atoms with Gasteiger partial charge in [0.15, 0.2) is 0 Å². The van der Waals surface area contributed by atoms with Crippen LogP contribution < -0.4 is 10.5 Å². The Kier molecular flexibility index (Phi) is 4.94. The maximum absolute atomic E-state index is 11.9. The number of hydrogen-bond donors (Lipinski definition) is 2. The zero-order chi connectivity index (χ0) is 13.1. The van der Waals surface area contributed by atoms with Crippen LogP contribution in [-0.4, -0.2) is 21.0 Å². The average Bonchev–Trinajstić information content (AvgIpc) is 2.26. The lowest BCUT2D eigenvalue weighted by Gasteiger charge is -2.16. The Morgan fingerprint density at radius 2 is 1.82 bits per heavy atom. The first kappa shape index (κ1) is 14.4. The van der Waals surface area contributed by atoms with Crippen LogP contribution in [0.3, 0.4) is 0 Å². The van der Waals surface area contributed by atoms with Gasteiger partial charge in [-0.15, -0.1) is 0 Å². The van der Waals surface area contributed by atoms with E-state index in [1.807, 2.05) is 13.8 Å². The van der Waals surface area contributed by atoms with E-state index in [0.29, 0.717) is 5.02 Å². The van der Waals surface area contributed by atoms with Gasteiger partial charge in [-0.05, 0) is 30.2 Å². The molecule has 0 amide bonds. The summed E-state index contributed by atoms with van der Waals surface area (Å²) in [5.74, 6) is 0.225. The molecular weight excluding hydrogens is 260 g/mol. The molecule has 0 saturated heterocycles. The predicted octanol–water partition coefficient (Wildman–Crippen LogP) is 1.60. The quantitative estimate of drug-likeness (QED) is 0.858. The maximum Gasteiger partial charge on any atom is 0.240 e. The summed E-state index contributed by atoms with van der Waals surface area (Å²) in [6, 6.07) is 5.81. The molecule has 1 unspecified atom stereocenters. The van der Waals surface area contributed by atoms with Crippen LogP contribution in [-0.2, 0) is 10.0 Å². The lowest BCUT2D eigenvalue weighted by molar-refractivity contribution is 0.481. The van der Waals surface area contributed by atoms with Crippen LogP contribution in [0.2, 0.25) is 5.02 Å². The summed E-state index contributed by atoms with van der Waals surface area (Å²) in [5, 5.41) is 0.503. The Bertz CT molecular complexity index is 457. The van der Waals surface area contributed by atoms with Gasteiger partial charge >= 0.3 is 0 Å². The minimum atomic E-state index is -3.49. The van der Waals surface area contributed by atoms with Crippen LogP contribution in [0.25, 0.3) is 0 Å². The number of rotatable bonds is 5. The number of sulfonamides is 1. The Hall–Kier alpha value is -0.620. The van der Waals surface area contributed by atoms with Gasteiger partial charge in [0.2, 0.25) is 10.0 Å². The van der Waals surface area contributed by atoms with Gasteiger partial charge in [0.1, 0.15) is 0 Å². The van der Waals surface area contributed by atoms with E-state index in [-0.39, 0.29) is 23.4 Å².